The molecule has 0 heterocycles. The third-order valence-electron chi connectivity index (χ3n) is 2.38. The molecule has 0 bridgehead atoms. The highest BCUT2D eigenvalue weighted by atomic mass is 35.5. The number of nitro benzene ring substituents is 1. The predicted octanol–water partition coefficient (Wildman–Crippen LogP) is 3.48. The molecule has 18 heavy (non-hydrogen) atoms. The fraction of sp³-hybridized carbons (Fsp3) is 0.500. The number of ether oxygens (including phenoxy) is 1. The average molecular weight is 273 g/mol. The summed E-state index contributed by atoms with van der Waals surface area (Å²) in [6.07, 6.45) is 2.11. The van der Waals surface area contributed by atoms with E-state index in [4.69, 9.17) is 16.3 Å². The zero-order valence-corrected chi connectivity index (χ0v) is 11.1. The first kappa shape index (κ1) is 14.7. The van der Waals surface area contributed by atoms with Gasteiger partial charge in [0.25, 0.3) is 5.69 Å². The fourth-order valence-electron chi connectivity index (χ4n) is 1.44. The second-order valence-electron chi connectivity index (χ2n) is 3.78. The second-order valence-corrected chi connectivity index (χ2v) is 4.19. The molecule has 0 unspecified atom stereocenters. The summed E-state index contributed by atoms with van der Waals surface area (Å²) in [7, 11) is 0. The van der Waals surface area contributed by atoms with Crippen LogP contribution in [-0.2, 0) is 4.74 Å². The van der Waals surface area contributed by atoms with Gasteiger partial charge in [-0.25, -0.2) is 0 Å². The lowest BCUT2D eigenvalue weighted by Gasteiger charge is -2.09. The van der Waals surface area contributed by atoms with Gasteiger partial charge in [-0.15, -0.1) is 0 Å². The summed E-state index contributed by atoms with van der Waals surface area (Å²) in [5, 5.41) is 14.1. The maximum absolute atomic E-state index is 10.8. The monoisotopic (exact) mass is 272 g/mol. The number of nitrogens with one attached hydrogen (secondary N) is 1. The first-order valence-electron chi connectivity index (χ1n) is 5.91. The number of para-hydroxylation sites is 1. The van der Waals surface area contributed by atoms with Crippen LogP contribution in [0.1, 0.15) is 19.8 Å². The summed E-state index contributed by atoms with van der Waals surface area (Å²) in [6.45, 7) is 3.80. The molecule has 0 amide bonds. The van der Waals surface area contributed by atoms with Gasteiger partial charge in [0.05, 0.1) is 16.6 Å². The first-order chi connectivity index (χ1) is 8.66. The molecule has 5 nitrogen and oxygen atoms in total. The number of nitro groups is 1. The minimum atomic E-state index is -0.452. The van der Waals surface area contributed by atoms with Crippen LogP contribution in [0.4, 0.5) is 11.4 Å². The van der Waals surface area contributed by atoms with E-state index in [1.165, 1.54) is 6.07 Å². The van der Waals surface area contributed by atoms with Gasteiger partial charge in [0, 0.05) is 19.2 Å². The molecular weight excluding hydrogens is 256 g/mol. The summed E-state index contributed by atoms with van der Waals surface area (Å²) < 4.78 is 5.36. The van der Waals surface area contributed by atoms with E-state index in [9.17, 15) is 10.1 Å². The molecule has 0 saturated carbocycles. The van der Waals surface area contributed by atoms with E-state index >= 15 is 0 Å². The Morgan fingerprint density at radius 1 is 1.44 bits per heavy atom. The molecule has 1 aromatic carbocycles. The number of nitrogens with zero attached hydrogens (tertiary/aromatic N) is 1. The van der Waals surface area contributed by atoms with Crippen LogP contribution >= 0.6 is 11.6 Å². The van der Waals surface area contributed by atoms with Gasteiger partial charge >= 0.3 is 0 Å². The van der Waals surface area contributed by atoms with Gasteiger partial charge in [-0.05, 0) is 12.5 Å². The highest BCUT2D eigenvalue weighted by molar-refractivity contribution is 6.33. The molecule has 0 atom stereocenters. The molecule has 100 valence electrons. The van der Waals surface area contributed by atoms with E-state index in [1.807, 2.05) is 0 Å². The van der Waals surface area contributed by atoms with Crippen molar-refractivity contribution < 1.29 is 9.66 Å². The Kier molecular flexibility index (Phi) is 6.46. The number of rotatable bonds is 8. The highest BCUT2D eigenvalue weighted by Crippen LogP contribution is 2.31. The predicted molar refractivity (Wildman–Crippen MR) is 72.3 cm³/mol. The van der Waals surface area contributed by atoms with Crippen molar-refractivity contribution in [2.45, 2.75) is 19.8 Å². The summed E-state index contributed by atoms with van der Waals surface area (Å²) in [6, 6.07) is 4.60. The lowest BCUT2D eigenvalue weighted by molar-refractivity contribution is -0.383. The summed E-state index contributed by atoms with van der Waals surface area (Å²) in [4.78, 5) is 10.4. The first-order valence-corrected chi connectivity index (χ1v) is 6.29. The van der Waals surface area contributed by atoms with Crippen molar-refractivity contribution in [3.63, 3.8) is 0 Å². The molecule has 1 aromatic rings. The van der Waals surface area contributed by atoms with Gasteiger partial charge in [-0.3, -0.25) is 10.1 Å². The van der Waals surface area contributed by atoms with Crippen LogP contribution in [0.2, 0.25) is 5.02 Å². The minimum absolute atomic E-state index is 0.0175. The van der Waals surface area contributed by atoms with Gasteiger partial charge in [0.15, 0.2) is 0 Å². The maximum atomic E-state index is 10.8. The smallest absolute Gasteiger partial charge is 0.293 e. The van der Waals surface area contributed by atoms with Gasteiger partial charge in [0.2, 0.25) is 0 Å². The van der Waals surface area contributed by atoms with Crippen molar-refractivity contribution in [2.24, 2.45) is 0 Å². The minimum Gasteiger partial charge on any atom is -0.380 e. The molecule has 0 aromatic heterocycles. The van der Waals surface area contributed by atoms with Crippen molar-refractivity contribution in [3.8, 4) is 0 Å². The molecule has 6 heteroatoms. The number of unbranched alkanes of at least 4 members (excludes halogenated alkanes) is 1. The van der Waals surface area contributed by atoms with E-state index in [-0.39, 0.29) is 5.69 Å². The van der Waals surface area contributed by atoms with E-state index in [1.54, 1.807) is 12.1 Å². The van der Waals surface area contributed by atoms with Crippen molar-refractivity contribution >= 4 is 23.0 Å². The van der Waals surface area contributed by atoms with E-state index in [2.05, 4.69) is 12.2 Å². The Morgan fingerprint density at radius 3 is 2.89 bits per heavy atom. The van der Waals surface area contributed by atoms with Gasteiger partial charge in [-0.1, -0.05) is 31.0 Å². The Hall–Kier alpha value is -1.33. The van der Waals surface area contributed by atoms with Crippen LogP contribution in [0.5, 0.6) is 0 Å². The Bertz CT molecular complexity index is 399. The number of halogens is 1. The molecule has 0 fully saturated rings. The zero-order valence-electron chi connectivity index (χ0n) is 10.3. The average Bonchev–Trinajstić information content (AvgIpc) is 2.34. The molecule has 0 aliphatic heterocycles. The van der Waals surface area contributed by atoms with Crippen molar-refractivity contribution in [2.75, 3.05) is 25.1 Å². The van der Waals surface area contributed by atoms with E-state index in [0.717, 1.165) is 12.8 Å². The largest absolute Gasteiger partial charge is 0.380 e. The SMILES string of the molecule is CCCCOCCNc1c(Cl)cccc1[N+](=O)[O-]. The van der Waals surface area contributed by atoms with Crippen LogP contribution in [0.15, 0.2) is 18.2 Å². The quantitative estimate of drug-likeness (QED) is 0.447. The molecule has 1 rings (SSSR count). The van der Waals surface area contributed by atoms with Crippen LogP contribution in [0, 0.1) is 10.1 Å². The van der Waals surface area contributed by atoms with Crippen LogP contribution in [0.3, 0.4) is 0 Å². The topological polar surface area (TPSA) is 64.4 Å². The van der Waals surface area contributed by atoms with E-state index in [0.29, 0.717) is 30.5 Å². The van der Waals surface area contributed by atoms with Crippen LogP contribution in [0.25, 0.3) is 0 Å². The number of hydrogen-bond donors (Lipinski definition) is 1. The standard InChI is InChI=1S/C12H17ClN2O3/c1-2-3-8-18-9-7-14-12-10(13)5-4-6-11(12)15(16)17/h4-6,14H,2-3,7-9H2,1H3. The van der Waals surface area contributed by atoms with Gasteiger partial charge in [0.1, 0.15) is 5.69 Å². The Balaban J connectivity index is 2.48. The zero-order chi connectivity index (χ0) is 13.4. The van der Waals surface area contributed by atoms with Crippen molar-refractivity contribution in [3.05, 3.63) is 33.3 Å². The highest BCUT2D eigenvalue weighted by Gasteiger charge is 2.15. The maximum Gasteiger partial charge on any atom is 0.293 e. The lowest BCUT2D eigenvalue weighted by Crippen LogP contribution is -2.11. The number of benzene rings is 1. The summed E-state index contributed by atoms with van der Waals surface area (Å²) >= 11 is 5.93. The fourth-order valence-corrected chi connectivity index (χ4v) is 1.67. The molecule has 0 radical (unpaired) electrons. The van der Waals surface area contributed by atoms with Gasteiger partial charge < -0.3 is 10.1 Å². The third-order valence-corrected chi connectivity index (χ3v) is 2.69. The molecule has 0 aliphatic rings. The summed E-state index contributed by atoms with van der Waals surface area (Å²) in [5.74, 6) is 0. The third kappa shape index (κ3) is 4.50. The Labute approximate surface area is 111 Å². The second kappa shape index (κ2) is 7.89. The molecule has 1 N–H and O–H groups in total. The molecular formula is C12H17ClN2O3. The van der Waals surface area contributed by atoms with Crippen LogP contribution in [-0.4, -0.2) is 24.7 Å². The number of hydrogen-bond acceptors (Lipinski definition) is 4. The van der Waals surface area contributed by atoms with E-state index < -0.39 is 4.92 Å². The molecule has 0 saturated heterocycles. The van der Waals surface area contributed by atoms with Crippen LogP contribution < -0.4 is 5.32 Å². The molecule has 0 spiro atoms. The summed E-state index contributed by atoms with van der Waals surface area (Å²) in [5.41, 5.74) is 0.333. The lowest BCUT2D eigenvalue weighted by atomic mass is 10.2. The van der Waals surface area contributed by atoms with Gasteiger partial charge in [-0.2, -0.15) is 0 Å². The molecule has 0 aliphatic carbocycles. The number of anilines is 1. The Morgan fingerprint density at radius 2 is 2.22 bits per heavy atom. The normalized spacial score (nSPS) is 10.3. The van der Waals surface area contributed by atoms with Crippen molar-refractivity contribution in [1.82, 2.24) is 0 Å². The van der Waals surface area contributed by atoms with Crippen molar-refractivity contribution in [1.29, 1.82) is 0 Å².